The van der Waals surface area contributed by atoms with Gasteiger partial charge < -0.3 is 4.74 Å². The van der Waals surface area contributed by atoms with Crippen LogP contribution in [0.5, 0.6) is 5.75 Å². The number of nitriles is 1. The Morgan fingerprint density at radius 2 is 1.95 bits per heavy atom. The largest absolute Gasteiger partial charge is 0.493 e. The number of nitrogens with zero attached hydrogens (tertiary/aromatic N) is 1. The molecule has 5 heteroatoms. The zero-order chi connectivity index (χ0) is 15.2. The standard InChI is InChI=1S/C16H11ClFNO2/c17-15-9-14(6-3-12(15)10-19)21-8-7-16(20)11-1-4-13(18)5-2-11/h1-6,9H,7-8H2. The lowest BCUT2D eigenvalue weighted by molar-refractivity contribution is 0.0962. The van der Waals surface area contributed by atoms with Crippen LogP contribution >= 0.6 is 11.6 Å². The fraction of sp³-hybridized carbons (Fsp3) is 0.125. The van der Waals surface area contributed by atoms with Gasteiger partial charge in [0.1, 0.15) is 17.6 Å². The Kier molecular flexibility index (Phi) is 4.91. The van der Waals surface area contributed by atoms with Crippen LogP contribution in [0.3, 0.4) is 0 Å². The Balaban J connectivity index is 1.89. The van der Waals surface area contributed by atoms with Gasteiger partial charge in [0.05, 0.1) is 17.2 Å². The number of benzene rings is 2. The summed E-state index contributed by atoms with van der Waals surface area (Å²) in [4.78, 5) is 11.8. The minimum Gasteiger partial charge on any atom is -0.493 e. The van der Waals surface area contributed by atoms with Crippen molar-refractivity contribution in [3.8, 4) is 11.8 Å². The van der Waals surface area contributed by atoms with Gasteiger partial charge in [-0.2, -0.15) is 5.26 Å². The van der Waals surface area contributed by atoms with Gasteiger partial charge in [0.2, 0.25) is 0 Å². The predicted octanol–water partition coefficient (Wildman–Crippen LogP) is 4.00. The lowest BCUT2D eigenvalue weighted by Crippen LogP contribution is -2.06. The summed E-state index contributed by atoms with van der Waals surface area (Å²) in [5, 5.41) is 9.06. The van der Waals surface area contributed by atoms with Crippen LogP contribution in [-0.2, 0) is 0 Å². The molecule has 0 N–H and O–H groups in total. The van der Waals surface area contributed by atoms with E-state index in [4.69, 9.17) is 21.6 Å². The first-order valence-electron chi connectivity index (χ1n) is 6.21. The van der Waals surface area contributed by atoms with Crippen LogP contribution in [0.15, 0.2) is 42.5 Å². The van der Waals surface area contributed by atoms with E-state index in [2.05, 4.69) is 0 Å². The molecule has 0 bridgehead atoms. The first kappa shape index (κ1) is 15.0. The van der Waals surface area contributed by atoms with Crippen molar-refractivity contribution in [2.75, 3.05) is 6.61 Å². The SMILES string of the molecule is N#Cc1ccc(OCCC(=O)c2ccc(F)cc2)cc1Cl. The van der Waals surface area contributed by atoms with E-state index in [0.29, 0.717) is 21.9 Å². The first-order valence-corrected chi connectivity index (χ1v) is 6.59. The zero-order valence-corrected chi connectivity index (χ0v) is 11.7. The van der Waals surface area contributed by atoms with Crippen LogP contribution in [0, 0.1) is 17.1 Å². The van der Waals surface area contributed by atoms with Crippen molar-refractivity contribution in [3.05, 3.63) is 64.4 Å². The highest BCUT2D eigenvalue weighted by Crippen LogP contribution is 2.22. The van der Waals surface area contributed by atoms with Gasteiger partial charge in [0.25, 0.3) is 0 Å². The number of ketones is 1. The Morgan fingerprint density at radius 3 is 2.57 bits per heavy atom. The van der Waals surface area contributed by atoms with E-state index in [1.54, 1.807) is 12.1 Å². The van der Waals surface area contributed by atoms with E-state index < -0.39 is 0 Å². The third kappa shape index (κ3) is 4.04. The van der Waals surface area contributed by atoms with Gasteiger partial charge in [-0.3, -0.25) is 4.79 Å². The molecular weight excluding hydrogens is 293 g/mol. The molecule has 0 saturated carbocycles. The summed E-state index contributed by atoms with van der Waals surface area (Å²) in [5.41, 5.74) is 0.810. The van der Waals surface area contributed by atoms with E-state index in [1.165, 1.54) is 30.3 Å². The minimum atomic E-state index is -0.380. The second-order valence-corrected chi connectivity index (χ2v) is 4.69. The molecule has 0 aliphatic rings. The van der Waals surface area contributed by atoms with E-state index in [0.717, 1.165) is 0 Å². The second kappa shape index (κ2) is 6.87. The molecule has 21 heavy (non-hydrogen) atoms. The van der Waals surface area contributed by atoms with Crippen molar-refractivity contribution in [3.63, 3.8) is 0 Å². The first-order chi connectivity index (χ1) is 10.1. The number of hydrogen-bond donors (Lipinski definition) is 0. The maximum absolute atomic E-state index is 12.8. The number of carbonyl (C=O) groups excluding carboxylic acids is 1. The molecule has 0 heterocycles. The highest BCUT2D eigenvalue weighted by Gasteiger charge is 2.07. The van der Waals surface area contributed by atoms with E-state index in [1.807, 2.05) is 6.07 Å². The van der Waals surface area contributed by atoms with E-state index in [-0.39, 0.29) is 24.6 Å². The summed E-state index contributed by atoms with van der Waals surface area (Å²) >= 11 is 5.88. The lowest BCUT2D eigenvalue weighted by Gasteiger charge is -2.06. The highest BCUT2D eigenvalue weighted by atomic mass is 35.5. The molecule has 0 spiro atoms. The summed E-state index contributed by atoms with van der Waals surface area (Å²) < 4.78 is 18.2. The number of carbonyl (C=O) groups is 1. The van der Waals surface area contributed by atoms with Gasteiger partial charge in [-0.25, -0.2) is 4.39 Å². The van der Waals surface area contributed by atoms with Crippen LogP contribution in [-0.4, -0.2) is 12.4 Å². The molecule has 2 rings (SSSR count). The van der Waals surface area contributed by atoms with Crippen molar-refractivity contribution >= 4 is 17.4 Å². The Morgan fingerprint density at radius 1 is 1.24 bits per heavy atom. The van der Waals surface area contributed by atoms with Gasteiger partial charge in [0, 0.05) is 18.1 Å². The summed E-state index contributed by atoms with van der Waals surface area (Å²) in [6.07, 6.45) is 0.170. The fourth-order valence-corrected chi connectivity index (χ4v) is 1.93. The minimum absolute atomic E-state index is 0.130. The number of hydrogen-bond acceptors (Lipinski definition) is 3. The monoisotopic (exact) mass is 303 g/mol. The molecular formula is C16H11ClFNO2. The second-order valence-electron chi connectivity index (χ2n) is 4.28. The quantitative estimate of drug-likeness (QED) is 0.784. The van der Waals surface area contributed by atoms with Crippen LogP contribution in [0.2, 0.25) is 5.02 Å². The molecule has 106 valence electrons. The van der Waals surface area contributed by atoms with Crippen LogP contribution in [0.4, 0.5) is 4.39 Å². The molecule has 2 aromatic rings. The summed E-state index contributed by atoms with van der Waals surface area (Å²) in [5.74, 6) is -0.0179. The van der Waals surface area contributed by atoms with Gasteiger partial charge in [-0.05, 0) is 36.4 Å². The predicted molar refractivity (Wildman–Crippen MR) is 77.0 cm³/mol. The molecule has 0 unspecified atom stereocenters. The molecule has 0 atom stereocenters. The topological polar surface area (TPSA) is 50.1 Å². The number of Topliss-reactive ketones (excluding diaryl/α,β-unsaturated/α-hetero) is 1. The van der Waals surface area contributed by atoms with Crippen molar-refractivity contribution < 1.29 is 13.9 Å². The molecule has 0 aliphatic heterocycles. The molecule has 0 amide bonds. The normalized spacial score (nSPS) is 9.95. The third-order valence-electron chi connectivity index (χ3n) is 2.83. The summed E-state index contributed by atoms with van der Waals surface area (Å²) in [6, 6.07) is 12.0. The average Bonchev–Trinajstić information content (AvgIpc) is 2.48. The Hall–Kier alpha value is -2.38. The number of ether oxygens (including phenoxy) is 1. The van der Waals surface area contributed by atoms with Gasteiger partial charge in [0.15, 0.2) is 5.78 Å². The third-order valence-corrected chi connectivity index (χ3v) is 3.14. The van der Waals surface area contributed by atoms with Gasteiger partial charge >= 0.3 is 0 Å². The molecule has 2 aromatic carbocycles. The van der Waals surface area contributed by atoms with Crippen molar-refractivity contribution in [1.29, 1.82) is 5.26 Å². The van der Waals surface area contributed by atoms with Crippen LogP contribution in [0.25, 0.3) is 0 Å². The molecule has 0 aliphatic carbocycles. The molecule has 3 nitrogen and oxygen atoms in total. The van der Waals surface area contributed by atoms with Gasteiger partial charge in [-0.1, -0.05) is 11.6 Å². The van der Waals surface area contributed by atoms with E-state index >= 15 is 0 Å². The summed E-state index contributed by atoms with van der Waals surface area (Å²) in [7, 11) is 0. The molecule has 0 radical (unpaired) electrons. The molecule has 0 fully saturated rings. The highest BCUT2D eigenvalue weighted by molar-refractivity contribution is 6.31. The lowest BCUT2D eigenvalue weighted by atomic mass is 10.1. The fourth-order valence-electron chi connectivity index (χ4n) is 1.72. The zero-order valence-electron chi connectivity index (χ0n) is 11.0. The van der Waals surface area contributed by atoms with Crippen LogP contribution in [0.1, 0.15) is 22.3 Å². The van der Waals surface area contributed by atoms with Crippen molar-refractivity contribution in [2.45, 2.75) is 6.42 Å². The number of rotatable bonds is 5. The average molecular weight is 304 g/mol. The maximum Gasteiger partial charge on any atom is 0.166 e. The maximum atomic E-state index is 12.8. The smallest absolute Gasteiger partial charge is 0.166 e. The summed E-state index contributed by atoms with van der Waals surface area (Å²) in [6.45, 7) is 0.179. The van der Waals surface area contributed by atoms with Crippen molar-refractivity contribution in [2.24, 2.45) is 0 Å². The van der Waals surface area contributed by atoms with Crippen molar-refractivity contribution in [1.82, 2.24) is 0 Å². The number of halogens is 2. The van der Waals surface area contributed by atoms with E-state index in [9.17, 15) is 9.18 Å². The molecule has 0 saturated heterocycles. The Bertz CT molecular complexity index is 692. The van der Waals surface area contributed by atoms with Gasteiger partial charge in [-0.15, -0.1) is 0 Å². The molecule has 0 aromatic heterocycles. The Labute approximate surface area is 126 Å². The van der Waals surface area contributed by atoms with Crippen LogP contribution < -0.4 is 4.74 Å².